The van der Waals surface area contributed by atoms with E-state index >= 15 is 0 Å². The summed E-state index contributed by atoms with van der Waals surface area (Å²) in [5.74, 6) is 1.04. The van der Waals surface area contributed by atoms with Crippen molar-refractivity contribution in [1.82, 2.24) is 28.7 Å². The van der Waals surface area contributed by atoms with Crippen molar-refractivity contribution in [3.63, 3.8) is 0 Å². The second-order valence-corrected chi connectivity index (χ2v) is 11.3. The van der Waals surface area contributed by atoms with Gasteiger partial charge in [0.25, 0.3) is 10.0 Å². The van der Waals surface area contributed by atoms with Gasteiger partial charge in [-0.1, -0.05) is 36.4 Å². The molecule has 0 unspecified atom stereocenters. The van der Waals surface area contributed by atoms with E-state index < -0.39 is 10.0 Å². The number of anilines is 2. The maximum atomic E-state index is 12.1. The van der Waals surface area contributed by atoms with Gasteiger partial charge in [-0.05, 0) is 42.2 Å². The molecule has 0 spiro atoms. The van der Waals surface area contributed by atoms with E-state index in [1.54, 1.807) is 4.68 Å². The monoisotopic (exact) mass is 529 g/mol. The number of aromatic nitrogens is 5. The summed E-state index contributed by atoms with van der Waals surface area (Å²) in [6, 6.07) is 18.1. The largest absolute Gasteiger partial charge is 0.383 e. The molecule has 1 fully saturated rings. The van der Waals surface area contributed by atoms with Crippen LogP contribution in [0.15, 0.2) is 60.9 Å². The van der Waals surface area contributed by atoms with E-state index in [2.05, 4.69) is 16.1 Å². The van der Waals surface area contributed by atoms with Gasteiger partial charge in [0, 0.05) is 35.7 Å². The predicted molar refractivity (Wildman–Crippen MR) is 147 cm³/mol. The summed E-state index contributed by atoms with van der Waals surface area (Å²) >= 11 is 0. The molecule has 0 saturated carbocycles. The molecule has 3 aromatic heterocycles. The van der Waals surface area contributed by atoms with Gasteiger partial charge in [-0.3, -0.25) is 5.41 Å². The van der Waals surface area contributed by atoms with E-state index in [1.807, 2.05) is 53.0 Å². The number of rotatable bonds is 6. The van der Waals surface area contributed by atoms with Crippen LogP contribution >= 0.6 is 0 Å². The Morgan fingerprint density at radius 1 is 1.05 bits per heavy atom. The van der Waals surface area contributed by atoms with Crippen molar-refractivity contribution < 1.29 is 8.42 Å². The molecule has 194 valence electrons. The Morgan fingerprint density at radius 3 is 2.55 bits per heavy atom. The Balaban J connectivity index is 1.38. The summed E-state index contributed by atoms with van der Waals surface area (Å²) < 4.78 is 29.2. The van der Waals surface area contributed by atoms with E-state index in [-0.39, 0.29) is 5.92 Å². The third-order valence-corrected chi connectivity index (χ3v) is 8.64. The first-order valence-electron chi connectivity index (χ1n) is 12.3. The molecule has 5 aromatic rings. The van der Waals surface area contributed by atoms with Crippen LogP contribution in [0.5, 0.6) is 0 Å². The lowest BCUT2D eigenvalue weighted by Gasteiger charge is -2.29. The van der Waals surface area contributed by atoms with Crippen LogP contribution in [0, 0.1) is 5.41 Å². The number of nitrogens with zero attached hydrogens (tertiary/aromatic N) is 6. The number of fused-ring (bicyclic) bond motifs is 2. The molecule has 38 heavy (non-hydrogen) atoms. The molecular formula is C26H27N9O2S. The Bertz CT molecular complexity index is 1770. The summed E-state index contributed by atoms with van der Waals surface area (Å²) in [6.07, 6.45) is 2.66. The van der Waals surface area contributed by atoms with Gasteiger partial charge in [-0.25, -0.2) is 22.6 Å². The number of benzene rings is 2. The maximum absolute atomic E-state index is 12.1. The summed E-state index contributed by atoms with van der Waals surface area (Å²) in [7, 11) is -3.65. The van der Waals surface area contributed by atoms with Gasteiger partial charge in [-0.15, -0.1) is 0 Å². The molecule has 1 saturated heterocycles. The minimum atomic E-state index is -3.65. The highest BCUT2D eigenvalue weighted by Gasteiger charge is 2.30. The van der Waals surface area contributed by atoms with E-state index in [1.165, 1.54) is 10.6 Å². The Hall–Kier alpha value is -4.29. The fourth-order valence-electron chi connectivity index (χ4n) is 5.28. The van der Waals surface area contributed by atoms with E-state index in [0.717, 1.165) is 33.3 Å². The third kappa shape index (κ3) is 4.07. The van der Waals surface area contributed by atoms with Gasteiger partial charge < -0.3 is 11.5 Å². The number of nitrogens with two attached hydrogens (primary N) is 2. The minimum Gasteiger partial charge on any atom is -0.383 e. The molecule has 5 N–H and O–H groups in total. The SMILES string of the molecule is N=CS(=O)(=O)N1CCC(c2cc(-c3ccc4c(N)n(Cc5ccccc5)nc4c3)c3c(N)ncnn23)CC1. The summed E-state index contributed by atoms with van der Waals surface area (Å²) in [4.78, 5) is 4.23. The zero-order chi connectivity index (χ0) is 26.4. The summed E-state index contributed by atoms with van der Waals surface area (Å²) in [6.45, 7) is 1.26. The molecule has 12 heteroatoms. The van der Waals surface area contributed by atoms with Gasteiger partial charge in [-0.2, -0.15) is 14.5 Å². The average molecular weight is 530 g/mol. The molecule has 11 nitrogen and oxygen atoms in total. The number of sulfonamides is 1. The highest BCUT2D eigenvalue weighted by atomic mass is 32.2. The first kappa shape index (κ1) is 24.1. The summed E-state index contributed by atoms with van der Waals surface area (Å²) in [5.41, 5.74) is 18.6. The highest BCUT2D eigenvalue weighted by molar-refractivity contribution is 8.02. The Labute approximate surface area is 219 Å². The molecular weight excluding hydrogens is 502 g/mol. The van der Waals surface area contributed by atoms with Gasteiger partial charge in [0.05, 0.1) is 12.1 Å². The number of hydrogen-bond donors (Lipinski definition) is 3. The van der Waals surface area contributed by atoms with E-state index in [4.69, 9.17) is 22.0 Å². The lowest BCUT2D eigenvalue weighted by Crippen LogP contribution is -2.38. The maximum Gasteiger partial charge on any atom is 0.252 e. The van der Waals surface area contributed by atoms with Crippen LogP contribution in [0.25, 0.3) is 27.5 Å². The van der Waals surface area contributed by atoms with Crippen molar-refractivity contribution in [3.05, 3.63) is 72.2 Å². The zero-order valence-corrected chi connectivity index (χ0v) is 21.3. The van der Waals surface area contributed by atoms with Gasteiger partial charge in [0.15, 0.2) is 5.82 Å². The smallest absolute Gasteiger partial charge is 0.252 e. The van der Waals surface area contributed by atoms with Crippen molar-refractivity contribution in [1.29, 1.82) is 5.41 Å². The van der Waals surface area contributed by atoms with Crippen LogP contribution in [0.3, 0.4) is 0 Å². The molecule has 1 aliphatic heterocycles. The molecule has 0 radical (unpaired) electrons. The first-order valence-corrected chi connectivity index (χ1v) is 13.8. The molecule has 0 aliphatic carbocycles. The van der Waals surface area contributed by atoms with Gasteiger partial charge >= 0.3 is 0 Å². The number of hydrogen-bond acceptors (Lipinski definition) is 8. The van der Waals surface area contributed by atoms with Crippen molar-refractivity contribution in [2.75, 3.05) is 24.6 Å². The molecule has 0 amide bonds. The van der Waals surface area contributed by atoms with Crippen LogP contribution in [-0.2, 0) is 16.6 Å². The lowest BCUT2D eigenvalue weighted by molar-refractivity contribution is 0.319. The number of nitrogen functional groups attached to an aromatic ring is 2. The van der Waals surface area contributed by atoms with Crippen LogP contribution < -0.4 is 11.5 Å². The van der Waals surface area contributed by atoms with Gasteiger partial charge in [0.1, 0.15) is 23.2 Å². The van der Waals surface area contributed by atoms with Gasteiger partial charge in [0.2, 0.25) is 0 Å². The lowest BCUT2D eigenvalue weighted by atomic mass is 9.94. The van der Waals surface area contributed by atoms with Crippen LogP contribution in [0.1, 0.15) is 30.0 Å². The van der Waals surface area contributed by atoms with Crippen LogP contribution in [0.4, 0.5) is 11.6 Å². The number of nitrogens with one attached hydrogen (secondary N) is 1. The van der Waals surface area contributed by atoms with E-state index in [9.17, 15) is 8.42 Å². The quantitative estimate of drug-likeness (QED) is 0.225. The van der Waals surface area contributed by atoms with Crippen molar-refractivity contribution >= 4 is 43.6 Å². The Morgan fingerprint density at radius 2 is 1.82 bits per heavy atom. The zero-order valence-electron chi connectivity index (χ0n) is 20.5. The normalized spacial score (nSPS) is 15.4. The van der Waals surface area contributed by atoms with Crippen LogP contribution in [-0.4, -0.2) is 55.7 Å². The first-order chi connectivity index (χ1) is 18.4. The van der Waals surface area contributed by atoms with Crippen molar-refractivity contribution in [3.8, 4) is 11.1 Å². The minimum absolute atomic E-state index is 0.0761. The fraction of sp³-hybridized carbons (Fsp3) is 0.231. The molecule has 6 rings (SSSR count). The third-order valence-electron chi connectivity index (χ3n) is 7.26. The Kier molecular flexibility index (Phi) is 5.84. The molecule has 0 atom stereocenters. The number of piperidine rings is 1. The van der Waals surface area contributed by atoms with Crippen LogP contribution in [0.2, 0.25) is 0 Å². The molecule has 4 heterocycles. The second kappa shape index (κ2) is 9.23. The fourth-order valence-corrected chi connectivity index (χ4v) is 6.15. The van der Waals surface area contributed by atoms with Crippen molar-refractivity contribution in [2.24, 2.45) is 0 Å². The highest BCUT2D eigenvalue weighted by Crippen LogP contribution is 2.38. The van der Waals surface area contributed by atoms with Crippen molar-refractivity contribution in [2.45, 2.75) is 25.3 Å². The van der Waals surface area contributed by atoms with E-state index in [0.29, 0.717) is 55.2 Å². The molecule has 1 aliphatic rings. The standard InChI is InChI=1S/C26H27N9O2S/c27-15-38(36,37)33-10-8-18(9-11-33)23-13-21(24-25(28)30-16-31-35(23)24)19-6-7-20-22(12-19)32-34(26(20)29)14-17-4-2-1-3-5-17/h1-7,12-13,15-16,18,27H,8-11,14,29H2,(H2,28,30,31). The predicted octanol–water partition coefficient (Wildman–Crippen LogP) is 3.07. The average Bonchev–Trinajstić information content (AvgIpc) is 3.48. The second-order valence-electron chi connectivity index (χ2n) is 9.49. The molecule has 2 aromatic carbocycles. The topological polar surface area (TPSA) is 161 Å². The summed E-state index contributed by atoms with van der Waals surface area (Å²) in [5, 5.41) is 17.3. The molecule has 0 bridgehead atoms.